The molecule has 0 amide bonds. The minimum absolute atomic E-state index is 0.167. The Labute approximate surface area is 55.3 Å². The van der Waals surface area contributed by atoms with Gasteiger partial charge in [0.15, 0.2) is 0 Å². The third-order valence-corrected chi connectivity index (χ3v) is 1.28. The molecule has 1 N–H and O–H groups in total. The first kappa shape index (κ1) is 5.56. The van der Waals surface area contributed by atoms with Crippen LogP contribution in [-0.2, 0) is 0 Å². The first-order chi connectivity index (χ1) is 3.80. The first-order valence-corrected chi connectivity index (χ1v) is 2.81. The average Bonchev–Trinajstić information content (AvgIpc) is 1.77. The molecule has 1 aromatic heterocycles. The molecule has 1 radical (unpaired) electrons. The van der Waals surface area contributed by atoms with Crippen LogP contribution in [0.15, 0.2) is 16.7 Å². The second-order valence-electron chi connectivity index (χ2n) is 1.26. The van der Waals surface area contributed by atoms with Crippen molar-refractivity contribution in [2.75, 3.05) is 0 Å². The normalized spacial score (nSPS) is 9.12. The van der Waals surface area contributed by atoms with Gasteiger partial charge in [-0.05, 0) is 22.0 Å². The maximum absolute atomic E-state index is 8.80. The van der Waals surface area contributed by atoms with Crippen LogP contribution < -0.4 is 0 Å². The van der Waals surface area contributed by atoms with E-state index in [2.05, 4.69) is 27.1 Å². The van der Waals surface area contributed by atoms with Crippen molar-refractivity contribution in [3.63, 3.8) is 0 Å². The molecule has 1 rings (SSSR count). The van der Waals surface area contributed by atoms with Gasteiger partial charge < -0.3 is 5.11 Å². The molecule has 0 fully saturated rings. The Hall–Kier alpha value is -0.570. The van der Waals surface area contributed by atoms with Gasteiger partial charge in [0.05, 0.1) is 4.47 Å². The van der Waals surface area contributed by atoms with Gasteiger partial charge in [-0.2, -0.15) is 0 Å². The molecule has 41 valence electrons. The lowest BCUT2D eigenvalue weighted by Gasteiger charge is -1.88. The summed E-state index contributed by atoms with van der Waals surface area (Å²) in [4.78, 5) is 3.61. The van der Waals surface area contributed by atoms with Crippen LogP contribution in [0.3, 0.4) is 0 Å². The van der Waals surface area contributed by atoms with Gasteiger partial charge in [-0.25, -0.2) is 0 Å². The smallest absolute Gasteiger partial charge is 0.133 e. The van der Waals surface area contributed by atoms with Gasteiger partial charge in [-0.3, -0.25) is 4.98 Å². The molecule has 1 heterocycles. The van der Waals surface area contributed by atoms with Crippen molar-refractivity contribution in [3.05, 3.63) is 22.9 Å². The van der Waals surface area contributed by atoms with Gasteiger partial charge in [0.25, 0.3) is 0 Å². The molecule has 2 nitrogen and oxygen atoms in total. The van der Waals surface area contributed by atoms with Crippen LogP contribution in [0.1, 0.15) is 0 Å². The average molecular weight is 173 g/mol. The fourth-order valence-electron chi connectivity index (χ4n) is 0.332. The molecule has 0 saturated carbocycles. The summed E-state index contributed by atoms with van der Waals surface area (Å²) >= 11 is 3.03. The van der Waals surface area contributed by atoms with E-state index < -0.39 is 0 Å². The summed E-state index contributed by atoms with van der Waals surface area (Å²) in [6.07, 6.45) is 3.99. The van der Waals surface area contributed by atoms with Crippen molar-refractivity contribution in [2.24, 2.45) is 0 Å². The standard InChI is InChI=1S/C5H3BrNO/c6-4-3-7-2-1-5(4)8/h1-2H,(H,7,8). The fraction of sp³-hybridized carbons (Fsp3) is 0. The molecule has 0 bridgehead atoms. The van der Waals surface area contributed by atoms with Gasteiger partial charge >= 0.3 is 0 Å². The van der Waals surface area contributed by atoms with Crippen LogP contribution in [0.5, 0.6) is 5.75 Å². The number of rotatable bonds is 0. The van der Waals surface area contributed by atoms with E-state index >= 15 is 0 Å². The molecule has 1 aromatic rings. The van der Waals surface area contributed by atoms with Crippen molar-refractivity contribution in [1.82, 2.24) is 4.98 Å². The van der Waals surface area contributed by atoms with Gasteiger partial charge in [0.1, 0.15) is 11.9 Å². The Bertz CT molecular complexity index is 169. The lowest BCUT2D eigenvalue weighted by Crippen LogP contribution is -1.70. The number of halogens is 1. The molecule has 0 aliphatic rings. The summed E-state index contributed by atoms with van der Waals surface area (Å²) in [6.45, 7) is 0. The zero-order valence-electron chi connectivity index (χ0n) is 3.93. The van der Waals surface area contributed by atoms with Gasteiger partial charge in [0, 0.05) is 6.20 Å². The molecule has 3 heteroatoms. The quantitative estimate of drug-likeness (QED) is 0.642. The molecule has 0 spiro atoms. The van der Waals surface area contributed by atoms with Gasteiger partial charge in [0.2, 0.25) is 0 Å². The van der Waals surface area contributed by atoms with Crippen LogP contribution in [0.2, 0.25) is 0 Å². The predicted octanol–water partition coefficient (Wildman–Crippen LogP) is 1.35. The first-order valence-electron chi connectivity index (χ1n) is 2.02. The number of hydrogen-bond acceptors (Lipinski definition) is 2. The van der Waals surface area contributed by atoms with Crippen LogP contribution >= 0.6 is 15.9 Å². The predicted molar refractivity (Wildman–Crippen MR) is 32.4 cm³/mol. The van der Waals surface area contributed by atoms with Crippen molar-refractivity contribution >= 4 is 15.9 Å². The van der Waals surface area contributed by atoms with E-state index in [1.54, 1.807) is 0 Å². The largest absolute Gasteiger partial charge is 0.507 e. The summed E-state index contributed by atoms with van der Waals surface area (Å²) in [5.74, 6) is 0.167. The minimum atomic E-state index is 0.167. The second kappa shape index (κ2) is 2.13. The molecular weight excluding hydrogens is 170 g/mol. The third kappa shape index (κ3) is 0.980. The maximum Gasteiger partial charge on any atom is 0.133 e. The summed E-state index contributed by atoms with van der Waals surface area (Å²) in [7, 11) is 0. The lowest BCUT2D eigenvalue weighted by molar-refractivity contribution is 0.471. The van der Waals surface area contributed by atoms with E-state index in [1.165, 1.54) is 12.3 Å². The van der Waals surface area contributed by atoms with Crippen molar-refractivity contribution < 1.29 is 5.11 Å². The second-order valence-corrected chi connectivity index (χ2v) is 2.05. The van der Waals surface area contributed by atoms with Gasteiger partial charge in [-0.1, -0.05) is 0 Å². The number of pyridine rings is 1. The number of aromatic nitrogens is 1. The van der Waals surface area contributed by atoms with Crippen LogP contribution in [-0.4, -0.2) is 10.1 Å². The molecule has 0 atom stereocenters. The zero-order valence-corrected chi connectivity index (χ0v) is 5.51. The van der Waals surface area contributed by atoms with E-state index in [-0.39, 0.29) is 5.75 Å². The molecule has 0 aromatic carbocycles. The van der Waals surface area contributed by atoms with E-state index in [1.807, 2.05) is 0 Å². The Kier molecular flexibility index (Phi) is 1.48. The van der Waals surface area contributed by atoms with Crippen LogP contribution in [0, 0.1) is 6.20 Å². The van der Waals surface area contributed by atoms with Crippen molar-refractivity contribution in [3.8, 4) is 5.75 Å². The monoisotopic (exact) mass is 172 g/mol. The Morgan fingerprint density at radius 3 is 2.88 bits per heavy atom. The highest BCUT2D eigenvalue weighted by atomic mass is 79.9. The highest BCUT2D eigenvalue weighted by Gasteiger charge is 1.91. The van der Waals surface area contributed by atoms with E-state index in [0.29, 0.717) is 4.47 Å². The van der Waals surface area contributed by atoms with Crippen molar-refractivity contribution in [2.45, 2.75) is 0 Å². The van der Waals surface area contributed by atoms with Crippen molar-refractivity contribution in [1.29, 1.82) is 0 Å². The SMILES string of the molecule is Oc1ccn[c]c1Br. The molecule has 0 aliphatic carbocycles. The van der Waals surface area contributed by atoms with Crippen LogP contribution in [0.4, 0.5) is 0 Å². The van der Waals surface area contributed by atoms with Gasteiger partial charge in [-0.15, -0.1) is 0 Å². The zero-order chi connectivity index (χ0) is 5.98. The summed E-state index contributed by atoms with van der Waals surface area (Å²) < 4.78 is 0.500. The van der Waals surface area contributed by atoms with E-state index in [4.69, 9.17) is 5.11 Å². The molecule has 0 aliphatic heterocycles. The molecule has 0 unspecified atom stereocenters. The van der Waals surface area contributed by atoms with Crippen LogP contribution in [0.25, 0.3) is 0 Å². The molecule has 8 heavy (non-hydrogen) atoms. The topological polar surface area (TPSA) is 33.1 Å². The number of hydrogen-bond donors (Lipinski definition) is 1. The van der Waals surface area contributed by atoms with E-state index in [9.17, 15) is 0 Å². The third-order valence-electron chi connectivity index (χ3n) is 0.695. The highest BCUT2D eigenvalue weighted by Crippen LogP contribution is 2.19. The highest BCUT2D eigenvalue weighted by molar-refractivity contribution is 9.10. The Balaban J connectivity index is 3.13. The lowest BCUT2D eigenvalue weighted by atomic mass is 10.5. The molecule has 0 saturated heterocycles. The van der Waals surface area contributed by atoms with E-state index in [0.717, 1.165) is 0 Å². The number of nitrogens with zero attached hydrogens (tertiary/aromatic N) is 1. The number of aromatic hydroxyl groups is 1. The molecular formula is C5H3BrNO. The minimum Gasteiger partial charge on any atom is -0.507 e. The fourth-order valence-corrected chi connectivity index (χ4v) is 0.567. The Morgan fingerprint density at radius 2 is 2.50 bits per heavy atom. The summed E-state index contributed by atoms with van der Waals surface area (Å²) in [6, 6.07) is 1.49. The maximum atomic E-state index is 8.80. The Morgan fingerprint density at radius 1 is 1.75 bits per heavy atom. The summed E-state index contributed by atoms with van der Waals surface area (Å²) in [5.41, 5.74) is 0. The summed E-state index contributed by atoms with van der Waals surface area (Å²) in [5, 5.41) is 8.80.